The SMILES string of the molecule is CC(c1cccs1)N(C)C(=O)c1cccc(NC(=O)OC(C)(C)C)c1. The summed E-state index contributed by atoms with van der Waals surface area (Å²) < 4.78 is 5.23. The van der Waals surface area contributed by atoms with Crippen LogP contribution in [0.2, 0.25) is 0 Å². The maximum atomic E-state index is 12.7. The second kappa shape index (κ2) is 7.70. The molecular weight excluding hydrogens is 336 g/mol. The van der Waals surface area contributed by atoms with Crippen molar-refractivity contribution in [1.82, 2.24) is 4.90 Å². The third kappa shape index (κ3) is 5.32. The van der Waals surface area contributed by atoms with E-state index in [0.717, 1.165) is 4.88 Å². The molecule has 0 fully saturated rings. The summed E-state index contributed by atoms with van der Waals surface area (Å²) in [6, 6.07) is 10.8. The normalized spacial score (nSPS) is 12.4. The number of carbonyl (C=O) groups is 2. The van der Waals surface area contributed by atoms with Crippen LogP contribution in [0.3, 0.4) is 0 Å². The topological polar surface area (TPSA) is 58.6 Å². The first kappa shape index (κ1) is 19.0. The number of amides is 2. The Balaban J connectivity index is 2.09. The molecule has 0 saturated heterocycles. The number of benzene rings is 1. The van der Waals surface area contributed by atoms with Gasteiger partial charge in [-0.3, -0.25) is 10.1 Å². The monoisotopic (exact) mass is 360 g/mol. The Bertz CT molecular complexity index is 735. The molecule has 25 heavy (non-hydrogen) atoms. The van der Waals surface area contributed by atoms with Gasteiger partial charge in [-0.05, 0) is 57.3 Å². The number of nitrogens with zero attached hydrogens (tertiary/aromatic N) is 1. The molecule has 1 heterocycles. The molecule has 0 saturated carbocycles. The lowest BCUT2D eigenvalue weighted by molar-refractivity contribution is 0.0634. The minimum Gasteiger partial charge on any atom is -0.444 e. The lowest BCUT2D eigenvalue weighted by atomic mass is 10.1. The average Bonchev–Trinajstić information content (AvgIpc) is 3.05. The molecule has 1 atom stereocenters. The summed E-state index contributed by atoms with van der Waals surface area (Å²) in [4.78, 5) is 27.4. The number of hydrogen-bond donors (Lipinski definition) is 1. The molecule has 0 aliphatic carbocycles. The summed E-state index contributed by atoms with van der Waals surface area (Å²) in [6.45, 7) is 7.39. The zero-order valence-electron chi connectivity index (χ0n) is 15.2. The van der Waals surface area contributed by atoms with Crippen molar-refractivity contribution in [1.29, 1.82) is 0 Å². The van der Waals surface area contributed by atoms with Crippen molar-refractivity contribution >= 4 is 29.0 Å². The van der Waals surface area contributed by atoms with Gasteiger partial charge in [0.05, 0.1) is 6.04 Å². The average molecular weight is 360 g/mol. The zero-order chi connectivity index (χ0) is 18.6. The minimum atomic E-state index is -0.576. The van der Waals surface area contributed by atoms with Crippen molar-refractivity contribution < 1.29 is 14.3 Å². The third-order valence-corrected chi connectivity index (χ3v) is 4.65. The van der Waals surface area contributed by atoms with Crippen LogP contribution in [0.4, 0.5) is 10.5 Å². The van der Waals surface area contributed by atoms with E-state index in [9.17, 15) is 9.59 Å². The van der Waals surface area contributed by atoms with Crippen LogP contribution in [0.25, 0.3) is 0 Å². The van der Waals surface area contributed by atoms with Gasteiger partial charge in [-0.1, -0.05) is 12.1 Å². The second-order valence-electron chi connectivity index (χ2n) is 6.82. The van der Waals surface area contributed by atoms with E-state index in [0.29, 0.717) is 11.3 Å². The molecule has 1 aromatic heterocycles. The fraction of sp³-hybridized carbons (Fsp3) is 0.368. The standard InChI is InChI=1S/C19H24N2O3S/c1-13(16-10-7-11-25-16)21(5)17(22)14-8-6-9-15(12-14)20-18(23)24-19(2,3)4/h6-13H,1-5H3,(H,20,23). The van der Waals surface area contributed by atoms with Gasteiger partial charge in [0, 0.05) is 23.2 Å². The molecule has 1 aromatic carbocycles. The van der Waals surface area contributed by atoms with Crippen molar-refractivity contribution in [2.24, 2.45) is 0 Å². The molecule has 6 heteroatoms. The first-order valence-electron chi connectivity index (χ1n) is 8.08. The van der Waals surface area contributed by atoms with Crippen LogP contribution in [0.15, 0.2) is 41.8 Å². The zero-order valence-corrected chi connectivity index (χ0v) is 16.0. The largest absolute Gasteiger partial charge is 0.444 e. The van der Waals surface area contributed by atoms with Gasteiger partial charge < -0.3 is 9.64 Å². The smallest absolute Gasteiger partial charge is 0.412 e. The number of anilines is 1. The Labute approximate surface area is 152 Å². The van der Waals surface area contributed by atoms with Gasteiger partial charge in [0.2, 0.25) is 0 Å². The number of nitrogens with one attached hydrogen (secondary N) is 1. The first-order chi connectivity index (χ1) is 11.7. The Morgan fingerprint density at radius 3 is 2.52 bits per heavy atom. The fourth-order valence-electron chi connectivity index (χ4n) is 2.25. The molecule has 0 radical (unpaired) electrons. The van der Waals surface area contributed by atoms with Gasteiger partial charge in [0.25, 0.3) is 5.91 Å². The highest BCUT2D eigenvalue weighted by molar-refractivity contribution is 7.10. The molecule has 0 bridgehead atoms. The van der Waals surface area contributed by atoms with Crippen LogP contribution in [-0.2, 0) is 4.74 Å². The van der Waals surface area contributed by atoms with Gasteiger partial charge in [-0.15, -0.1) is 11.3 Å². The number of carbonyl (C=O) groups excluding carboxylic acids is 2. The molecule has 2 rings (SSSR count). The van der Waals surface area contributed by atoms with E-state index in [1.165, 1.54) is 0 Å². The minimum absolute atomic E-state index is 0.0185. The molecule has 0 spiro atoms. The number of thiophene rings is 1. The Kier molecular flexibility index (Phi) is 5.85. The lowest BCUT2D eigenvalue weighted by Gasteiger charge is -2.24. The molecule has 1 N–H and O–H groups in total. The fourth-order valence-corrected chi connectivity index (χ4v) is 3.08. The third-order valence-electron chi connectivity index (χ3n) is 3.61. The maximum Gasteiger partial charge on any atom is 0.412 e. The van der Waals surface area contributed by atoms with Crippen molar-refractivity contribution in [2.45, 2.75) is 39.3 Å². The Morgan fingerprint density at radius 2 is 1.92 bits per heavy atom. The van der Waals surface area contributed by atoms with E-state index < -0.39 is 11.7 Å². The maximum absolute atomic E-state index is 12.7. The van der Waals surface area contributed by atoms with E-state index in [-0.39, 0.29) is 11.9 Å². The van der Waals surface area contributed by atoms with Crippen LogP contribution >= 0.6 is 11.3 Å². The molecule has 1 unspecified atom stereocenters. The summed E-state index contributed by atoms with van der Waals surface area (Å²) in [5, 5.41) is 4.66. The molecule has 5 nitrogen and oxygen atoms in total. The highest BCUT2D eigenvalue weighted by atomic mass is 32.1. The summed E-state index contributed by atoms with van der Waals surface area (Å²) in [7, 11) is 1.78. The second-order valence-corrected chi connectivity index (χ2v) is 7.79. The Morgan fingerprint density at radius 1 is 1.20 bits per heavy atom. The van der Waals surface area contributed by atoms with E-state index in [4.69, 9.17) is 4.74 Å². The highest BCUT2D eigenvalue weighted by Gasteiger charge is 2.20. The van der Waals surface area contributed by atoms with Gasteiger partial charge in [0.1, 0.15) is 5.60 Å². The molecule has 134 valence electrons. The molecular formula is C19H24N2O3S. The molecule has 0 aliphatic rings. The van der Waals surface area contributed by atoms with E-state index in [1.54, 1.807) is 68.3 Å². The van der Waals surface area contributed by atoms with Crippen LogP contribution in [-0.4, -0.2) is 29.5 Å². The van der Waals surface area contributed by atoms with Crippen LogP contribution in [0, 0.1) is 0 Å². The predicted molar refractivity (Wildman–Crippen MR) is 101 cm³/mol. The summed E-state index contributed by atoms with van der Waals surface area (Å²) in [6.07, 6.45) is -0.544. The predicted octanol–water partition coefficient (Wildman–Crippen LogP) is 4.93. The number of ether oxygens (including phenoxy) is 1. The molecule has 2 aromatic rings. The number of rotatable bonds is 4. The van der Waals surface area contributed by atoms with Crippen molar-refractivity contribution in [3.8, 4) is 0 Å². The Hall–Kier alpha value is -2.34. The first-order valence-corrected chi connectivity index (χ1v) is 8.96. The number of hydrogen-bond acceptors (Lipinski definition) is 4. The van der Waals surface area contributed by atoms with E-state index >= 15 is 0 Å². The van der Waals surface area contributed by atoms with E-state index in [1.807, 2.05) is 24.4 Å². The van der Waals surface area contributed by atoms with Crippen LogP contribution in [0.5, 0.6) is 0 Å². The van der Waals surface area contributed by atoms with Crippen molar-refractivity contribution in [3.63, 3.8) is 0 Å². The van der Waals surface area contributed by atoms with Crippen LogP contribution in [0.1, 0.15) is 49.0 Å². The summed E-state index contributed by atoms with van der Waals surface area (Å²) in [5.41, 5.74) is 0.463. The van der Waals surface area contributed by atoms with Gasteiger partial charge >= 0.3 is 6.09 Å². The van der Waals surface area contributed by atoms with Crippen molar-refractivity contribution in [3.05, 3.63) is 52.2 Å². The highest BCUT2D eigenvalue weighted by Crippen LogP contribution is 2.25. The van der Waals surface area contributed by atoms with Crippen LogP contribution < -0.4 is 5.32 Å². The van der Waals surface area contributed by atoms with Gasteiger partial charge in [-0.2, -0.15) is 0 Å². The van der Waals surface area contributed by atoms with Gasteiger partial charge in [-0.25, -0.2) is 4.79 Å². The van der Waals surface area contributed by atoms with E-state index in [2.05, 4.69) is 5.32 Å². The summed E-state index contributed by atoms with van der Waals surface area (Å²) in [5.74, 6) is -0.103. The van der Waals surface area contributed by atoms with Gasteiger partial charge in [0.15, 0.2) is 0 Å². The quantitative estimate of drug-likeness (QED) is 0.841. The molecule has 0 aliphatic heterocycles. The summed E-state index contributed by atoms with van der Waals surface area (Å²) >= 11 is 1.62. The van der Waals surface area contributed by atoms with Crippen molar-refractivity contribution in [2.75, 3.05) is 12.4 Å². The molecule has 2 amide bonds. The lowest BCUT2D eigenvalue weighted by Crippen LogP contribution is -2.29.